The van der Waals surface area contributed by atoms with E-state index in [0.717, 1.165) is 5.56 Å². The lowest BCUT2D eigenvalue weighted by Gasteiger charge is -2.09. The largest absolute Gasteiger partial charge is 0.334 e. The minimum Gasteiger partial charge on any atom is -0.334 e. The van der Waals surface area contributed by atoms with Crippen LogP contribution in [-0.4, -0.2) is 29.9 Å². The van der Waals surface area contributed by atoms with E-state index in [9.17, 15) is 4.79 Å². The van der Waals surface area contributed by atoms with E-state index in [1.54, 1.807) is 30.5 Å². The zero-order valence-electron chi connectivity index (χ0n) is 15.7. The van der Waals surface area contributed by atoms with Crippen molar-refractivity contribution in [1.29, 1.82) is 0 Å². The number of hydrogen-bond acceptors (Lipinski definition) is 7. The Kier molecular flexibility index (Phi) is 5.50. The van der Waals surface area contributed by atoms with Crippen LogP contribution in [0.3, 0.4) is 0 Å². The predicted octanol–water partition coefficient (Wildman–Crippen LogP) is 4.21. The van der Waals surface area contributed by atoms with Gasteiger partial charge in [-0.05, 0) is 44.2 Å². The minimum absolute atomic E-state index is 0.136. The fourth-order valence-electron chi connectivity index (χ4n) is 2.81. The molecule has 0 aliphatic heterocycles. The first-order valence-electron chi connectivity index (χ1n) is 8.94. The molecule has 4 aromatic rings. The van der Waals surface area contributed by atoms with Crippen LogP contribution in [0.15, 0.2) is 57.1 Å². The molecule has 0 radical (unpaired) electrons. The topological polar surface area (TPSA) is 102 Å². The van der Waals surface area contributed by atoms with Crippen molar-refractivity contribution >= 4 is 23.4 Å². The quantitative estimate of drug-likeness (QED) is 0.459. The number of rotatable bonds is 6. The third-order valence-electron chi connectivity index (χ3n) is 4.25. The van der Waals surface area contributed by atoms with Crippen molar-refractivity contribution in [2.45, 2.75) is 30.8 Å². The Bertz CT molecular complexity index is 1200. The lowest BCUT2D eigenvalue weighted by Crippen LogP contribution is -2.11. The number of H-pyrrole nitrogens is 1. The van der Waals surface area contributed by atoms with Gasteiger partial charge >= 0.3 is 0 Å². The van der Waals surface area contributed by atoms with Gasteiger partial charge in [-0.1, -0.05) is 34.6 Å². The molecule has 29 heavy (non-hydrogen) atoms. The highest BCUT2D eigenvalue weighted by Crippen LogP contribution is 2.34. The van der Waals surface area contributed by atoms with Crippen molar-refractivity contribution in [2.24, 2.45) is 0 Å². The van der Waals surface area contributed by atoms with Gasteiger partial charge < -0.3 is 14.1 Å². The van der Waals surface area contributed by atoms with Gasteiger partial charge in [-0.2, -0.15) is 4.98 Å². The molecule has 0 aliphatic carbocycles. The number of benzene rings is 1. The summed E-state index contributed by atoms with van der Waals surface area (Å²) in [5, 5.41) is 13.7. The normalized spacial score (nSPS) is 12.2. The van der Waals surface area contributed by atoms with Crippen molar-refractivity contribution in [3.05, 3.63) is 63.8 Å². The van der Waals surface area contributed by atoms with E-state index >= 15 is 0 Å². The molecule has 0 spiro atoms. The van der Waals surface area contributed by atoms with Crippen molar-refractivity contribution in [1.82, 2.24) is 29.9 Å². The van der Waals surface area contributed by atoms with Gasteiger partial charge in [0, 0.05) is 23.3 Å². The third kappa shape index (κ3) is 3.96. The molecule has 148 valence electrons. The number of aromatic amines is 1. The Morgan fingerprint density at radius 3 is 2.90 bits per heavy atom. The SMILES string of the molecule is CCn1c(SC(C)c2noc(-c3cccc(Cl)c3)n2)nnc1-c1ccc[nH]c1=O. The van der Waals surface area contributed by atoms with Crippen LogP contribution >= 0.6 is 23.4 Å². The molecule has 3 aromatic heterocycles. The van der Waals surface area contributed by atoms with Gasteiger partial charge in [0.1, 0.15) is 0 Å². The maximum absolute atomic E-state index is 12.1. The number of nitrogens with zero attached hydrogens (tertiary/aromatic N) is 5. The molecule has 10 heteroatoms. The van der Waals surface area contributed by atoms with E-state index in [2.05, 4.69) is 25.3 Å². The number of nitrogens with one attached hydrogen (secondary N) is 1. The summed E-state index contributed by atoms with van der Waals surface area (Å²) >= 11 is 7.48. The monoisotopic (exact) mass is 428 g/mol. The van der Waals surface area contributed by atoms with Crippen LogP contribution in [0.2, 0.25) is 5.02 Å². The Balaban J connectivity index is 1.59. The highest BCUT2D eigenvalue weighted by Gasteiger charge is 2.21. The Morgan fingerprint density at radius 1 is 1.28 bits per heavy atom. The van der Waals surface area contributed by atoms with Gasteiger partial charge in [0.15, 0.2) is 16.8 Å². The second kappa shape index (κ2) is 8.22. The average molecular weight is 429 g/mol. The Labute approximate surface area is 175 Å². The van der Waals surface area contributed by atoms with Crippen LogP contribution < -0.4 is 5.56 Å². The van der Waals surface area contributed by atoms with Crippen molar-refractivity contribution in [3.8, 4) is 22.8 Å². The summed E-state index contributed by atoms with van der Waals surface area (Å²) in [7, 11) is 0. The van der Waals surface area contributed by atoms with E-state index in [1.807, 2.05) is 30.5 Å². The highest BCUT2D eigenvalue weighted by atomic mass is 35.5. The Morgan fingerprint density at radius 2 is 2.14 bits per heavy atom. The maximum atomic E-state index is 12.1. The first kappa shape index (κ1) is 19.4. The molecular formula is C19H17ClN6O2S. The van der Waals surface area contributed by atoms with Gasteiger partial charge in [-0.15, -0.1) is 10.2 Å². The molecule has 1 N–H and O–H groups in total. The van der Waals surface area contributed by atoms with Gasteiger partial charge in [0.05, 0.1) is 10.8 Å². The molecule has 0 amide bonds. The van der Waals surface area contributed by atoms with Crippen LogP contribution in [0.25, 0.3) is 22.8 Å². The molecule has 0 saturated carbocycles. The second-order valence-electron chi connectivity index (χ2n) is 6.19. The Hall–Kier alpha value is -2.91. The molecule has 1 unspecified atom stereocenters. The molecule has 0 bridgehead atoms. The van der Waals surface area contributed by atoms with Crippen molar-refractivity contribution in [2.75, 3.05) is 0 Å². The van der Waals surface area contributed by atoms with E-state index in [-0.39, 0.29) is 10.8 Å². The first-order chi connectivity index (χ1) is 14.1. The molecule has 3 heterocycles. The summed E-state index contributed by atoms with van der Waals surface area (Å²) < 4.78 is 7.28. The third-order valence-corrected chi connectivity index (χ3v) is 5.56. The lowest BCUT2D eigenvalue weighted by molar-refractivity contribution is 0.423. The van der Waals surface area contributed by atoms with Crippen LogP contribution in [0.1, 0.15) is 24.9 Å². The van der Waals surface area contributed by atoms with Crippen LogP contribution in [0, 0.1) is 0 Å². The summed E-state index contributed by atoms with van der Waals surface area (Å²) in [5.41, 5.74) is 1.03. The number of hydrogen-bond donors (Lipinski definition) is 1. The zero-order chi connectivity index (χ0) is 20.4. The predicted molar refractivity (Wildman–Crippen MR) is 111 cm³/mol. The van der Waals surface area contributed by atoms with E-state index < -0.39 is 0 Å². The molecule has 1 atom stereocenters. The molecule has 4 rings (SSSR count). The molecular weight excluding hydrogens is 412 g/mol. The zero-order valence-corrected chi connectivity index (χ0v) is 17.2. The lowest BCUT2D eigenvalue weighted by atomic mass is 10.2. The van der Waals surface area contributed by atoms with Crippen molar-refractivity contribution < 1.29 is 4.52 Å². The molecule has 8 nitrogen and oxygen atoms in total. The summed E-state index contributed by atoms with van der Waals surface area (Å²) in [6.45, 7) is 4.55. The molecule has 0 aliphatic rings. The summed E-state index contributed by atoms with van der Waals surface area (Å²) in [6.07, 6.45) is 1.59. The molecule has 1 aromatic carbocycles. The van der Waals surface area contributed by atoms with E-state index in [4.69, 9.17) is 16.1 Å². The van der Waals surface area contributed by atoms with E-state index in [1.165, 1.54) is 11.8 Å². The standard InChI is InChI=1S/C19H17ClN6O2S/c1-3-26-16(14-8-5-9-21-17(14)27)23-24-19(26)29-11(2)15-22-18(28-25-15)12-6-4-7-13(20)10-12/h4-11H,3H2,1-2H3,(H,21,27). The minimum atomic E-state index is -0.205. The van der Waals surface area contributed by atoms with Gasteiger partial charge in [0.2, 0.25) is 0 Å². The number of thioether (sulfide) groups is 1. The fourth-order valence-corrected chi connectivity index (χ4v) is 3.95. The van der Waals surface area contributed by atoms with Crippen LogP contribution in [0.4, 0.5) is 0 Å². The van der Waals surface area contributed by atoms with Crippen LogP contribution in [-0.2, 0) is 6.54 Å². The number of halogens is 1. The summed E-state index contributed by atoms with van der Waals surface area (Å²) in [4.78, 5) is 19.3. The number of aromatic nitrogens is 6. The fraction of sp³-hybridized carbons (Fsp3) is 0.211. The molecule has 0 saturated heterocycles. The average Bonchev–Trinajstić information content (AvgIpc) is 3.36. The summed E-state index contributed by atoms with van der Waals surface area (Å²) in [6, 6.07) is 10.7. The van der Waals surface area contributed by atoms with Crippen LogP contribution in [0.5, 0.6) is 0 Å². The highest BCUT2D eigenvalue weighted by molar-refractivity contribution is 7.99. The van der Waals surface area contributed by atoms with Gasteiger partial charge in [-0.25, -0.2) is 0 Å². The number of pyridine rings is 1. The van der Waals surface area contributed by atoms with Crippen molar-refractivity contribution in [3.63, 3.8) is 0 Å². The maximum Gasteiger partial charge on any atom is 0.259 e. The molecule has 0 fully saturated rings. The second-order valence-corrected chi connectivity index (χ2v) is 7.94. The van der Waals surface area contributed by atoms with E-state index in [0.29, 0.717) is 39.8 Å². The summed E-state index contributed by atoms with van der Waals surface area (Å²) in [5.74, 6) is 1.47. The van der Waals surface area contributed by atoms with Gasteiger partial charge in [0.25, 0.3) is 11.4 Å². The smallest absolute Gasteiger partial charge is 0.259 e. The first-order valence-corrected chi connectivity index (χ1v) is 10.2. The van der Waals surface area contributed by atoms with Gasteiger partial charge in [-0.3, -0.25) is 4.79 Å².